The van der Waals surface area contributed by atoms with E-state index in [0.29, 0.717) is 6.54 Å². The van der Waals surface area contributed by atoms with Crippen molar-refractivity contribution < 1.29 is 9.90 Å². The minimum absolute atomic E-state index is 0.0699. The van der Waals surface area contributed by atoms with Crippen LogP contribution < -0.4 is 9.80 Å². The van der Waals surface area contributed by atoms with Crippen LogP contribution in [0.5, 0.6) is 0 Å². The molecule has 2 aliphatic heterocycles. The lowest BCUT2D eigenvalue weighted by Gasteiger charge is -2.36. The van der Waals surface area contributed by atoms with Gasteiger partial charge in [0.2, 0.25) is 5.91 Å². The van der Waals surface area contributed by atoms with E-state index in [1.165, 1.54) is 0 Å². The van der Waals surface area contributed by atoms with Crippen molar-refractivity contribution in [2.24, 2.45) is 0 Å². The highest BCUT2D eigenvalue weighted by Crippen LogP contribution is 2.34. The summed E-state index contributed by atoms with van der Waals surface area (Å²) in [6.45, 7) is 7.80. The second kappa shape index (κ2) is 7.85. The molecule has 7 nitrogen and oxygen atoms in total. The predicted octanol–water partition coefficient (Wildman–Crippen LogP) is 1.63. The number of aromatic nitrogens is 2. The van der Waals surface area contributed by atoms with Gasteiger partial charge in [0, 0.05) is 63.8 Å². The van der Waals surface area contributed by atoms with Crippen molar-refractivity contribution in [1.29, 1.82) is 0 Å². The summed E-state index contributed by atoms with van der Waals surface area (Å²) in [7, 11) is 0. The van der Waals surface area contributed by atoms with E-state index in [0.717, 1.165) is 55.2 Å². The number of hydrogen-bond acceptors (Lipinski definition) is 6. The number of nitrogens with zero attached hydrogens (tertiary/aromatic N) is 5. The monoisotopic (exact) mass is 381 g/mol. The minimum Gasteiger partial charge on any atom is -0.387 e. The van der Waals surface area contributed by atoms with Crippen molar-refractivity contribution in [1.82, 2.24) is 14.9 Å². The van der Waals surface area contributed by atoms with E-state index in [4.69, 9.17) is 0 Å². The van der Waals surface area contributed by atoms with E-state index >= 15 is 0 Å². The second-order valence-corrected chi connectivity index (χ2v) is 7.70. The van der Waals surface area contributed by atoms with Crippen LogP contribution in [0.1, 0.15) is 31.1 Å². The molecule has 0 spiro atoms. The van der Waals surface area contributed by atoms with Crippen molar-refractivity contribution in [3.63, 3.8) is 0 Å². The van der Waals surface area contributed by atoms with E-state index in [1.807, 2.05) is 17.0 Å². The maximum absolute atomic E-state index is 11.9. The number of aliphatic hydroxyl groups excluding tert-OH is 1. The molecule has 0 unspecified atom stereocenters. The molecule has 2 atom stereocenters. The Labute approximate surface area is 165 Å². The summed E-state index contributed by atoms with van der Waals surface area (Å²) in [6.07, 6.45) is 5.50. The Morgan fingerprint density at radius 3 is 2.71 bits per heavy atom. The molecule has 148 valence electrons. The highest BCUT2D eigenvalue weighted by atomic mass is 16.3. The quantitative estimate of drug-likeness (QED) is 0.868. The third-order valence-electron chi connectivity index (χ3n) is 5.72. The molecule has 1 N–H and O–H groups in total. The van der Waals surface area contributed by atoms with Gasteiger partial charge >= 0.3 is 0 Å². The number of benzene rings is 1. The van der Waals surface area contributed by atoms with Gasteiger partial charge in [-0.2, -0.15) is 0 Å². The van der Waals surface area contributed by atoms with Crippen LogP contribution in [0.15, 0.2) is 36.8 Å². The lowest BCUT2D eigenvalue weighted by molar-refractivity contribution is -0.116. The van der Waals surface area contributed by atoms with Gasteiger partial charge in [0.1, 0.15) is 5.82 Å². The summed E-state index contributed by atoms with van der Waals surface area (Å²) in [5.74, 6) is 0.978. The number of hydrogen-bond donors (Lipinski definition) is 1. The maximum Gasteiger partial charge on any atom is 0.224 e. The fourth-order valence-corrected chi connectivity index (χ4v) is 4.30. The molecule has 7 heteroatoms. The second-order valence-electron chi connectivity index (χ2n) is 7.70. The fourth-order valence-electron chi connectivity index (χ4n) is 4.30. The smallest absolute Gasteiger partial charge is 0.224 e. The number of β-amino-alcohol motifs (C(OH)–C–C–N with tert-alkyl or cyclic N) is 1. The average molecular weight is 381 g/mol. The number of amides is 1. The lowest BCUT2D eigenvalue weighted by Crippen LogP contribution is -2.47. The molecule has 1 amide bonds. The third-order valence-corrected chi connectivity index (χ3v) is 5.72. The molecule has 1 saturated heterocycles. The summed E-state index contributed by atoms with van der Waals surface area (Å²) in [6, 6.07) is 6.17. The topological polar surface area (TPSA) is 72.8 Å². The van der Waals surface area contributed by atoms with Gasteiger partial charge in [-0.15, -0.1) is 0 Å². The normalized spacial score (nSPS) is 20.9. The Morgan fingerprint density at radius 2 is 2.04 bits per heavy atom. The van der Waals surface area contributed by atoms with E-state index in [-0.39, 0.29) is 11.9 Å². The molecule has 2 aromatic rings. The SMILES string of the molecule is CC(=O)N1c2ccc([C@@H](O)CN3CCN(c4cnccn4)CC3)cc2C[C@H]1C. The molecular formula is C21H27N5O2. The molecule has 0 radical (unpaired) electrons. The predicted molar refractivity (Wildman–Crippen MR) is 108 cm³/mol. The first-order chi connectivity index (χ1) is 13.5. The van der Waals surface area contributed by atoms with Gasteiger partial charge in [-0.25, -0.2) is 4.98 Å². The molecule has 0 bridgehead atoms. The van der Waals surface area contributed by atoms with Crippen LogP contribution in [-0.2, 0) is 11.2 Å². The van der Waals surface area contributed by atoms with Crippen LogP contribution in [0.25, 0.3) is 0 Å². The molecule has 3 heterocycles. The lowest BCUT2D eigenvalue weighted by atomic mass is 10.0. The first-order valence-electron chi connectivity index (χ1n) is 9.87. The van der Waals surface area contributed by atoms with Crippen LogP contribution >= 0.6 is 0 Å². The van der Waals surface area contributed by atoms with Crippen LogP contribution in [0.3, 0.4) is 0 Å². The van der Waals surface area contributed by atoms with Crippen molar-refractivity contribution in [3.8, 4) is 0 Å². The minimum atomic E-state index is -0.532. The van der Waals surface area contributed by atoms with Gasteiger partial charge in [-0.05, 0) is 30.5 Å². The van der Waals surface area contributed by atoms with Gasteiger partial charge in [0.25, 0.3) is 0 Å². The number of piperazine rings is 1. The third kappa shape index (κ3) is 3.72. The highest BCUT2D eigenvalue weighted by molar-refractivity contribution is 5.94. The molecule has 1 fully saturated rings. The maximum atomic E-state index is 11.9. The molecular weight excluding hydrogens is 354 g/mol. The summed E-state index contributed by atoms with van der Waals surface area (Å²) >= 11 is 0. The summed E-state index contributed by atoms with van der Waals surface area (Å²) in [5, 5.41) is 10.8. The molecule has 1 aromatic carbocycles. The van der Waals surface area contributed by atoms with E-state index in [2.05, 4.69) is 32.8 Å². The zero-order chi connectivity index (χ0) is 19.7. The van der Waals surface area contributed by atoms with E-state index in [9.17, 15) is 9.90 Å². The number of aliphatic hydroxyl groups is 1. The highest BCUT2D eigenvalue weighted by Gasteiger charge is 2.29. The molecule has 0 aliphatic carbocycles. The molecule has 2 aliphatic rings. The van der Waals surface area contributed by atoms with Crippen LogP contribution in [-0.4, -0.2) is 64.6 Å². The molecule has 4 rings (SSSR count). The van der Waals surface area contributed by atoms with Gasteiger partial charge in [-0.1, -0.05) is 12.1 Å². The Bertz CT molecular complexity index is 836. The fraction of sp³-hybridized carbons (Fsp3) is 0.476. The summed E-state index contributed by atoms with van der Waals surface area (Å²) in [5.41, 5.74) is 3.05. The summed E-state index contributed by atoms with van der Waals surface area (Å²) < 4.78 is 0. The van der Waals surface area contributed by atoms with Gasteiger partial charge in [-0.3, -0.25) is 14.7 Å². The Morgan fingerprint density at radius 1 is 1.25 bits per heavy atom. The number of carbonyl (C=O) groups excluding carboxylic acids is 1. The van der Waals surface area contributed by atoms with Gasteiger partial charge < -0.3 is 14.9 Å². The van der Waals surface area contributed by atoms with Crippen molar-refractivity contribution in [2.75, 3.05) is 42.5 Å². The van der Waals surface area contributed by atoms with E-state index < -0.39 is 6.10 Å². The standard InChI is InChI=1S/C21H27N5O2/c1-15-11-18-12-17(3-4-19(18)26(15)16(2)27)20(28)14-24-7-9-25(10-8-24)21-13-22-5-6-23-21/h3-6,12-13,15,20,28H,7-11,14H2,1-2H3/t15-,20+/m1/s1. The van der Waals surface area contributed by atoms with Crippen LogP contribution in [0.2, 0.25) is 0 Å². The van der Waals surface area contributed by atoms with Crippen molar-refractivity contribution in [3.05, 3.63) is 47.9 Å². The first-order valence-corrected chi connectivity index (χ1v) is 9.87. The summed E-state index contributed by atoms with van der Waals surface area (Å²) in [4.78, 5) is 26.7. The number of anilines is 2. The van der Waals surface area contributed by atoms with Crippen molar-refractivity contribution in [2.45, 2.75) is 32.4 Å². The first kappa shape index (κ1) is 18.8. The Kier molecular flexibility index (Phi) is 5.28. The van der Waals surface area contributed by atoms with E-state index in [1.54, 1.807) is 25.5 Å². The molecule has 0 saturated carbocycles. The number of carbonyl (C=O) groups is 1. The van der Waals surface area contributed by atoms with Crippen LogP contribution in [0, 0.1) is 0 Å². The Hall–Kier alpha value is -2.51. The van der Waals surface area contributed by atoms with Crippen LogP contribution in [0.4, 0.5) is 11.5 Å². The molecule has 28 heavy (non-hydrogen) atoms. The number of rotatable bonds is 4. The van der Waals surface area contributed by atoms with Gasteiger partial charge in [0.15, 0.2) is 0 Å². The zero-order valence-corrected chi connectivity index (χ0v) is 16.5. The van der Waals surface area contributed by atoms with Gasteiger partial charge in [0.05, 0.1) is 12.3 Å². The largest absolute Gasteiger partial charge is 0.387 e. The zero-order valence-electron chi connectivity index (χ0n) is 16.5. The van der Waals surface area contributed by atoms with Crippen molar-refractivity contribution >= 4 is 17.4 Å². The molecule has 1 aromatic heterocycles. The average Bonchev–Trinajstić information content (AvgIpc) is 3.04. The Balaban J connectivity index is 1.37. The number of fused-ring (bicyclic) bond motifs is 1.